The molecule has 0 saturated heterocycles. The first-order chi connectivity index (χ1) is 25.0. The molecule has 52 heavy (non-hydrogen) atoms. The van der Waals surface area contributed by atoms with E-state index >= 15 is 0 Å². The molecule has 0 unspecified atom stereocenters. The summed E-state index contributed by atoms with van der Waals surface area (Å²) in [4.78, 5) is 40.6. The van der Waals surface area contributed by atoms with Crippen LogP contribution in [0.5, 0.6) is 23.0 Å². The van der Waals surface area contributed by atoms with Crippen LogP contribution in [0.1, 0.15) is 35.3 Å². The average Bonchev–Trinajstić information content (AvgIpc) is 3.16. The summed E-state index contributed by atoms with van der Waals surface area (Å²) in [5, 5.41) is 0. The number of aryl methyl sites for hydroxylation is 2. The molecule has 0 aromatic heterocycles. The lowest BCUT2D eigenvalue weighted by Crippen LogP contribution is -2.13. The van der Waals surface area contributed by atoms with Gasteiger partial charge in [0.15, 0.2) is 0 Å². The number of carbonyl (C=O) groups excluding carboxylic acids is 4. The van der Waals surface area contributed by atoms with Crippen molar-refractivity contribution in [1.29, 1.82) is 0 Å². The Morgan fingerprint density at radius 2 is 1.02 bits per heavy atom. The molecular weight excluding hydrogens is 672 g/mol. The van der Waals surface area contributed by atoms with Gasteiger partial charge in [-0.25, -0.2) is 9.59 Å². The van der Waals surface area contributed by atoms with Gasteiger partial charge in [0.1, 0.15) is 62.5 Å². The first-order valence-corrected chi connectivity index (χ1v) is 16.2. The van der Waals surface area contributed by atoms with Gasteiger partial charge in [-0.15, -0.1) is 0 Å². The standard InChI is InChI=1S/C15H18O5.C15H20O4.C9H12O2.CH2O/c1-12(2)15(17)20-10-8-18-7-9-19-14-5-3-13(11-16)4-6-14;1-12(2)15(16)19-11-9-17-8-10-18-14-6-4-13(3)5-7-14;1-7-6-8(10-2)4-5-9(7)11-3;1-2/h3-6,11H,1,7-10H2,2H3;4-7H,1,8-11H2,2-3H3;4-6H,1-3H3;1H2. The lowest BCUT2D eigenvalue weighted by Gasteiger charge is -2.08. The summed E-state index contributed by atoms with van der Waals surface area (Å²) in [6.07, 6.45) is 0.777. The summed E-state index contributed by atoms with van der Waals surface area (Å²) in [5.41, 5.74) is 3.65. The molecule has 0 aliphatic carbocycles. The van der Waals surface area contributed by atoms with E-state index in [9.17, 15) is 14.4 Å². The van der Waals surface area contributed by atoms with Crippen molar-refractivity contribution < 1.29 is 57.1 Å². The van der Waals surface area contributed by atoms with E-state index in [1.807, 2.05) is 63.1 Å². The zero-order chi connectivity index (χ0) is 39.1. The van der Waals surface area contributed by atoms with Gasteiger partial charge in [-0.05, 0) is 87.9 Å². The van der Waals surface area contributed by atoms with Gasteiger partial charge in [-0.1, -0.05) is 30.9 Å². The van der Waals surface area contributed by atoms with Gasteiger partial charge < -0.3 is 42.7 Å². The highest BCUT2D eigenvalue weighted by Gasteiger charge is 2.03. The Kier molecular flexibility index (Phi) is 26.2. The average molecular weight is 725 g/mol. The number of ether oxygens (including phenoxy) is 8. The molecule has 0 aliphatic heterocycles. The lowest BCUT2D eigenvalue weighted by atomic mass is 10.2. The molecule has 3 aromatic rings. The number of methoxy groups -OCH3 is 2. The number of benzene rings is 3. The second-order valence-electron chi connectivity index (χ2n) is 10.6. The van der Waals surface area contributed by atoms with Gasteiger partial charge >= 0.3 is 11.9 Å². The Morgan fingerprint density at radius 1 is 0.596 bits per heavy atom. The maximum absolute atomic E-state index is 11.0. The van der Waals surface area contributed by atoms with Crippen LogP contribution in [-0.2, 0) is 33.3 Å². The third-order valence-electron chi connectivity index (χ3n) is 6.25. The van der Waals surface area contributed by atoms with Crippen LogP contribution in [0.2, 0.25) is 0 Å². The highest BCUT2D eigenvalue weighted by molar-refractivity contribution is 5.87. The lowest BCUT2D eigenvalue weighted by molar-refractivity contribution is -0.141. The third-order valence-corrected chi connectivity index (χ3v) is 6.25. The minimum Gasteiger partial charge on any atom is -0.497 e. The topological polar surface area (TPSA) is 142 Å². The van der Waals surface area contributed by atoms with Crippen LogP contribution < -0.4 is 18.9 Å². The molecule has 0 bridgehead atoms. The molecule has 0 atom stereocenters. The van der Waals surface area contributed by atoms with Gasteiger partial charge in [-0.3, -0.25) is 4.79 Å². The van der Waals surface area contributed by atoms with E-state index in [0.29, 0.717) is 62.1 Å². The Balaban J connectivity index is 0.000000759. The molecule has 0 aliphatic rings. The fourth-order valence-electron chi connectivity index (χ4n) is 3.53. The van der Waals surface area contributed by atoms with Gasteiger partial charge in [0.2, 0.25) is 0 Å². The molecule has 0 saturated carbocycles. The minimum atomic E-state index is -0.417. The SMILES string of the molecule is C=C(C)C(=O)OCCOCCOc1ccc(C)cc1.C=C(C)C(=O)OCCOCCOc1ccc(C=O)cc1.C=O.COc1ccc(OC)c(C)c1. The largest absolute Gasteiger partial charge is 0.497 e. The third kappa shape index (κ3) is 22.3. The number of carbonyl (C=O) groups is 4. The predicted molar refractivity (Wildman–Crippen MR) is 199 cm³/mol. The summed E-state index contributed by atoms with van der Waals surface area (Å²) in [6, 6.07) is 20.4. The number of rotatable bonds is 19. The zero-order valence-electron chi connectivity index (χ0n) is 31.1. The molecule has 0 amide bonds. The zero-order valence-corrected chi connectivity index (χ0v) is 31.1. The van der Waals surface area contributed by atoms with Gasteiger partial charge in [0.25, 0.3) is 0 Å². The number of hydrogen-bond acceptors (Lipinski definition) is 12. The van der Waals surface area contributed by atoms with Crippen LogP contribution in [-0.4, -0.2) is 92.1 Å². The molecule has 0 radical (unpaired) electrons. The second-order valence-corrected chi connectivity index (χ2v) is 10.6. The fourth-order valence-corrected chi connectivity index (χ4v) is 3.53. The molecule has 12 nitrogen and oxygen atoms in total. The van der Waals surface area contributed by atoms with Crippen molar-refractivity contribution in [2.75, 3.05) is 67.1 Å². The Hall–Kier alpha value is -5.46. The minimum absolute atomic E-state index is 0.194. The summed E-state index contributed by atoms with van der Waals surface area (Å²) in [7, 11) is 3.32. The van der Waals surface area contributed by atoms with Gasteiger partial charge in [0.05, 0.1) is 40.6 Å². The van der Waals surface area contributed by atoms with Crippen molar-refractivity contribution in [2.24, 2.45) is 0 Å². The summed E-state index contributed by atoms with van der Waals surface area (Å²) < 4.78 is 41.3. The van der Waals surface area contributed by atoms with Crippen LogP contribution in [0.3, 0.4) is 0 Å². The van der Waals surface area contributed by atoms with Crippen molar-refractivity contribution in [3.63, 3.8) is 0 Å². The first kappa shape index (κ1) is 46.5. The Bertz CT molecular complexity index is 1470. The number of aldehydes is 1. The first-order valence-electron chi connectivity index (χ1n) is 16.2. The van der Waals surface area contributed by atoms with E-state index < -0.39 is 5.97 Å². The van der Waals surface area contributed by atoms with E-state index in [2.05, 4.69) is 13.2 Å². The Morgan fingerprint density at radius 3 is 1.40 bits per heavy atom. The smallest absolute Gasteiger partial charge is 0.333 e. The highest BCUT2D eigenvalue weighted by Crippen LogP contribution is 2.22. The molecule has 284 valence electrons. The van der Waals surface area contributed by atoms with Crippen LogP contribution in [0.4, 0.5) is 0 Å². The van der Waals surface area contributed by atoms with Crippen LogP contribution in [0.25, 0.3) is 0 Å². The molecule has 12 heteroatoms. The van der Waals surface area contributed by atoms with Crippen molar-refractivity contribution in [3.05, 3.63) is 108 Å². The van der Waals surface area contributed by atoms with Gasteiger partial charge in [-0.2, -0.15) is 0 Å². The summed E-state index contributed by atoms with van der Waals surface area (Å²) >= 11 is 0. The molecule has 0 heterocycles. The van der Waals surface area contributed by atoms with Crippen LogP contribution in [0.15, 0.2) is 91.0 Å². The van der Waals surface area contributed by atoms with Gasteiger partial charge in [0, 0.05) is 16.7 Å². The number of esters is 2. The molecule has 0 spiro atoms. The monoisotopic (exact) mass is 724 g/mol. The van der Waals surface area contributed by atoms with E-state index in [1.165, 1.54) is 5.56 Å². The number of hydrogen-bond donors (Lipinski definition) is 0. The van der Waals surface area contributed by atoms with Crippen LogP contribution >= 0.6 is 0 Å². The second kappa shape index (κ2) is 29.3. The van der Waals surface area contributed by atoms with Crippen molar-refractivity contribution in [2.45, 2.75) is 27.7 Å². The van der Waals surface area contributed by atoms with Crippen molar-refractivity contribution in [3.8, 4) is 23.0 Å². The summed E-state index contributed by atoms with van der Waals surface area (Å²) in [5.74, 6) is 2.45. The van der Waals surface area contributed by atoms with E-state index in [0.717, 1.165) is 29.1 Å². The summed E-state index contributed by atoms with van der Waals surface area (Å²) in [6.45, 7) is 19.0. The molecule has 3 aromatic carbocycles. The van der Waals surface area contributed by atoms with Crippen LogP contribution in [0, 0.1) is 13.8 Å². The highest BCUT2D eigenvalue weighted by atomic mass is 16.6. The fraction of sp³-hybridized carbons (Fsp3) is 0.350. The quantitative estimate of drug-likeness (QED) is 0.0589. The van der Waals surface area contributed by atoms with Crippen molar-refractivity contribution in [1.82, 2.24) is 0 Å². The maximum Gasteiger partial charge on any atom is 0.333 e. The Labute approximate surface area is 307 Å². The molecule has 0 N–H and O–H groups in total. The molecule has 0 fully saturated rings. The van der Waals surface area contributed by atoms with E-state index in [4.69, 9.17) is 42.7 Å². The normalized spacial score (nSPS) is 9.50. The maximum atomic E-state index is 11.0. The van der Waals surface area contributed by atoms with E-state index in [1.54, 1.807) is 52.3 Å². The molecular formula is C40H52O12. The van der Waals surface area contributed by atoms with Crippen molar-refractivity contribution >= 4 is 25.0 Å². The molecule has 3 rings (SSSR count). The predicted octanol–water partition coefficient (Wildman–Crippen LogP) is 6.35. The van der Waals surface area contributed by atoms with E-state index in [-0.39, 0.29) is 19.2 Å².